The normalized spacial score (nSPS) is 55.0. The van der Waals surface area contributed by atoms with Crippen LogP contribution in [0.15, 0.2) is 12.2 Å². The van der Waals surface area contributed by atoms with Crippen molar-refractivity contribution >= 4 is 5.97 Å². The largest absolute Gasteiger partial charge is 0.481 e. The van der Waals surface area contributed by atoms with E-state index in [0.717, 1.165) is 38.5 Å². The molecular weight excluding hydrogens is 408 g/mol. The van der Waals surface area contributed by atoms with Crippen LogP contribution in [0.2, 0.25) is 0 Å². The number of rotatable bonds is 2. The lowest BCUT2D eigenvalue weighted by atomic mass is 9.32. The molecule has 3 nitrogen and oxygen atoms in total. The van der Waals surface area contributed by atoms with Crippen LogP contribution in [-0.4, -0.2) is 22.3 Å². The molecule has 0 aliphatic heterocycles. The van der Waals surface area contributed by atoms with Gasteiger partial charge in [-0.05, 0) is 122 Å². The van der Waals surface area contributed by atoms with Gasteiger partial charge in [0.25, 0.3) is 0 Å². The lowest BCUT2D eigenvalue weighted by Crippen LogP contribution is -2.66. The van der Waals surface area contributed by atoms with Crippen molar-refractivity contribution < 1.29 is 15.0 Å². The zero-order valence-electron chi connectivity index (χ0n) is 22.0. The SMILES string of the molecule is C=C(C)C1CC2C3CCC4C5(C)CCC(O)C(C)(C)C5CCC4(C)C3(C)CCC2(C(=O)O)C1. The number of carboxylic acid groups (broad SMARTS) is 1. The Morgan fingerprint density at radius 1 is 0.848 bits per heavy atom. The maximum absolute atomic E-state index is 12.8. The van der Waals surface area contributed by atoms with Gasteiger partial charge >= 0.3 is 5.97 Å². The smallest absolute Gasteiger partial charge is 0.309 e. The third-order valence-electron chi connectivity index (χ3n) is 13.5. The Bertz CT molecular complexity index is 861. The van der Waals surface area contributed by atoms with E-state index in [0.29, 0.717) is 29.6 Å². The van der Waals surface area contributed by atoms with Crippen molar-refractivity contribution in [1.82, 2.24) is 0 Å². The minimum absolute atomic E-state index is 0.0166. The van der Waals surface area contributed by atoms with E-state index in [1.54, 1.807) is 0 Å². The number of carbonyl (C=O) groups is 1. The molecule has 0 bridgehead atoms. The number of carboxylic acids is 1. The summed E-state index contributed by atoms with van der Waals surface area (Å²) in [5, 5.41) is 21.4. The Kier molecular flexibility index (Phi) is 5.15. The molecule has 0 saturated heterocycles. The Hall–Kier alpha value is -0.830. The summed E-state index contributed by atoms with van der Waals surface area (Å²) in [7, 11) is 0. The number of hydrogen-bond acceptors (Lipinski definition) is 2. The quantitative estimate of drug-likeness (QED) is 0.436. The van der Waals surface area contributed by atoms with Crippen LogP contribution < -0.4 is 0 Å². The van der Waals surface area contributed by atoms with Crippen LogP contribution in [0.25, 0.3) is 0 Å². The first-order valence-corrected chi connectivity index (χ1v) is 13.8. The Morgan fingerprint density at radius 2 is 1.55 bits per heavy atom. The highest BCUT2D eigenvalue weighted by Gasteiger charge is 2.71. The third-order valence-corrected chi connectivity index (χ3v) is 13.5. The van der Waals surface area contributed by atoms with E-state index in [1.807, 2.05) is 0 Å². The summed E-state index contributed by atoms with van der Waals surface area (Å²) < 4.78 is 0. The van der Waals surface area contributed by atoms with Gasteiger partial charge < -0.3 is 10.2 Å². The van der Waals surface area contributed by atoms with Gasteiger partial charge in [-0.3, -0.25) is 4.79 Å². The lowest BCUT2D eigenvalue weighted by Gasteiger charge is -2.72. The van der Waals surface area contributed by atoms with Gasteiger partial charge in [-0.15, -0.1) is 0 Å². The number of aliphatic hydroxyl groups is 1. The van der Waals surface area contributed by atoms with E-state index in [1.165, 1.54) is 31.3 Å². The second kappa shape index (κ2) is 7.11. The van der Waals surface area contributed by atoms with Gasteiger partial charge in [-0.2, -0.15) is 0 Å². The molecule has 0 radical (unpaired) electrons. The standard InChI is InChI=1S/C30H48O3/c1-18(2)19-16-21-20-8-9-23-27(5)12-11-24(31)26(3,4)22(27)10-13-29(23,7)28(20,6)14-15-30(21,17-19)25(32)33/h19-24,31H,1,8-17H2,2-7H3,(H,32,33). The molecule has 2 N–H and O–H groups in total. The van der Waals surface area contributed by atoms with Crippen LogP contribution in [0.1, 0.15) is 106 Å². The van der Waals surface area contributed by atoms with Gasteiger partial charge in [0.05, 0.1) is 11.5 Å². The summed E-state index contributed by atoms with van der Waals surface area (Å²) in [4.78, 5) is 12.8. The minimum Gasteiger partial charge on any atom is -0.481 e. The maximum atomic E-state index is 12.8. The molecule has 10 atom stereocenters. The summed E-state index contributed by atoms with van der Waals surface area (Å²) >= 11 is 0. The number of fused-ring (bicyclic) bond motifs is 7. The van der Waals surface area contributed by atoms with Gasteiger partial charge in [0.15, 0.2) is 0 Å². The van der Waals surface area contributed by atoms with E-state index in [4.69, 9.17) is 0 Å². The van der Waals surface area contributed by atoms with Crippen molar-refractivity contribution in [1.29, 1.82) is 0 Å². The minimum atomic E-state index is -0.538. The van der Waals surface area contributed by atoms with Crippen LogP contribution in [0.3, 0.4) is 0 Å². The molecule has 0 spiro atoms. The number of aliphatic carboxylic acids is 1. The molecule has 0 heterocycles. The zero-order chi connectivity index (χ0) is 24.2. The predicted molar refractivity (Wildman–Crippen MR) is 133 cm³/mol. The summed E-state index contributed by atoms with van der Waals surface area (Å²) in [6.07, 6.45) is 10.5. The van der Waals surface area contributed by atoms with Crippen LogP contribution >= 0.6 is 0 Å². The molecule has 5 fully saturated rings. The molecule has 0 aromatic rings. The molecule has 186 valence electrons. The average molecular weight is 457 g/mol. The predicted octanol–water partition coefficient (Wildman–Crippen LogP) is 7.09. The topological polar surface area (TPSA) is 57.5 Å². The van der Waals surface area contributed by atoms with E-state index in [9.17, 15) is 15.0 Å². The lowest BCUT2D eigenvalue weighted by molar-refractivity contribution is -0.246. The second-order valence-corrected chi connectivity index (χ2v) is 14.6. The number of hydrogen-bond donors (Lipinski definition) is 2. The summed E-state index contributed by atoms with van der Waals surface area (Å²) in [6, 6.07) is 0. The molecule has 5 aliphatic rings. The van der Waals surface area contributed by atoms with Gasteiger partial charge in [-0.1, -0.05) is 46.8 Å². The van der Waals surface area contributed by atoms with E-state index >= 15 is 0 Å². The van der Waals surface area contributed by atoms with Crippen molar-refractivity contribution in [3.8, 4) is 0 Å². The van der Waals surface area contributed by atoms with Crippen LogP contribution in [0.4, 0.5) is 0 Å². The Labute approximate surface area is 201 Å². The van der Waals surface area contributed by atoms with Crippen LogP contribution in [0.5, 0.6) is 0 Å². The monoisotopic (exact) mass is 456 g/mol. The first-order chi connectivity index (χ1) is 15.2. The number of aliphatic hydroxyl groups excluding tert-OH is 1. The molecule has 0 aromatic heterocycles. The summed E-state index contributed by atoms with van der Waals surface area (Å²) in [5.41, 5.74) is 1.37. The molecule has 33 heavy (non-hydrogen) atoms. The third kappa shape index (κ3) is 2.81. The fourth-order valence-electron chi connectivity index (χ4n) is 11.3. The fraction of sp³-hybridized carbons (Fsp3) is 0.900. The van der Waals surface area contributed by atoms with Crippen molar-refractivity contribution in [2.45, 2.75) is 112 Å². The molecule has 5 aliphatic carbocycles. The molecular formula is C30H48O3. The molecule has 0 aromatic carbocycles. The van der Waals surface area contributed by atoms with E-state index in [-0.39, 0.29) is 27.8 Å². The number of allylic oxidation sites excluding steroid dienone is 1. The molecule has 5 saturated carbocycles. The average Bonchev–Trinajstić information content (AvgIpc) is 3.13. The van der Waals surface area contributed by atoms with Gasteiger partial charge in [0, 0.05) is 0 Å². The van der Waals surface area contributed by atoms with E-state index < -0.39 is 11.4 Å². The second-order valence-electron chi connectivity index (χ2n) is 14.6. The summed E-state index contributed by atoms with van der Waals surface area (Å²) in [5.74, 6) is 1.89. The first kappa shape index (κ1) is 23.9. The van der Waals surface area contributed by atoms with Crippen molar-refractivity contribution in [2.75, 3.05) is 0 Å². The Morgan fingerprint density at radius 3 is 2.18 bits per heavy atom. The van der Waals surface area contributed by atoms with Crippen molar-refractivity contribution in [3.05, 3.63) is 12.2 Å². The molecule has 3 heteroatoms. The fourth-order valence-corrected chi connectivity index (χ4v) is 11.3. The zero-order valence-corrected chi connectivity index (χ0v) is 22.0. The van der Waals surface area contributed by atoms with Crippen LogP contribution in [0, 0.1) is 56.7 Å². The molecule has 0 amide bonds. The summed E-state index contributed by atoms with van der Waals surface area (Å²) in [6.45, 7) is 18.7. The Balaban J connectivity index is 1.53. The van der Waals surface area contributed by atoms with Crippen molar-refractivity contribution in [3.63, 3.8) is 0 Å². The van der Waals surface area contributed by atoms with E-state index in [2.05, 4.69) is 48.1 Å². The molecule has 10 unspecified atom stereocenters. The molecule has 5 rings (SSSR count). The highest BCUT2D eigenvalue weighted by Crippen LogP contribution is 2.77. The maximum Gasteiger partial charge on any atom is 0.309 e. The van der Waals surface area contributed by atoms with Gasteiger partial charge in [0.1, 0.15) is 0 Å². The van der Waals surface area contributed by atoms with Gasteiger partial charge in [-0.25, -0.2) is 0 Å². The highest BCUT2D eigenvalue weighted by atomic mass is 16.4. The van der Waals surface area contributed by atoms with Gasteiger partial charge in [0.2, 0.25) is 0 Å². The first-order valence-electron chi connectivity index (χ1n) is 13.8. The van der Waals surface area contributed by atoms with Crippen LogP contribution in [-0.2, 0) is 4.79 Å². The highest BCUT2D eigenvalue weighted by molar-refractivity contribution is 5.76. The van der Waals surface area contributed by atoms with Crippen molar-refractivity contribution in [2.24, 2.45) is 56.7 Å².